The van der Waals surface area contributed by atoms with Crippen LogP contribution in [0.3, 0.4) is 0 Å². The van der Waals surface area contributed by atoms with E-state index < -0.39 is 15.9 Å². The molecule has 2 aromatic carbocycles. The maximum Gasteiger partial charge on any atom is 0.243 e. The topological polar surface area (TPSA) is 105 Å². The van der Waals surface area contributed by atoms with E-state index in [1.165, 1.54) is 22.5 Å². The van der Waals surface area contributed by atoms with Crippen LogP contribution in [0, 0.1) is 32.5 Å². The van der Waals surface area contributed by atoms with E-state index in [9.17, 15) is 17.6 Å². The maximum atomic E-state index is 13.5. The van der Waals surface area contributed by atoms with Gasteiger partial charge in [0.25, 0.3) is 0 Å². The van der Waals surface area contributed by atoms with Crippen LogP contribution in [0.4, 0.5) is 10.1 Å². The van der Waals surface area contributed by atoms with Gasteiger partial charge < -0.3 is 9.84 Å². The van der Waals surface area contributed by atoms with Gasteiger partial charge in [-0.05, 0) is 62.1 Å². The molecule has 1 atom stereocenters. The van der Waals surface area contributed by atoms with E-state index >= 15 is 0 Å². The zero-order valence-corrected chi connectivity index (χ0v) is 19.4. The van der Waals surface area contributed by atoms with Crippen molar-refractivity contribution in [2.45, 2.75) is 38.5 Å². The molecule has 3 aromatic rings. The number of aromatic nitrogens is 2. The van der Waals surface area contributed by atoms with E-state index in [1.807, 2.05) is 0 Å². The molecule has 0 aliphatic carbocycles. The molecule has 10 heteroatoms. The Hall–Kier alpha value is -3.11. The highest BCUT2D eigenvalue weighted by atomic mass is 32.2. The molecule has 33 heavy (non-hydrogen) atoms. The molecule has 1 aliphatic rings. The summed E-state index contributed by atoms with van der Waals surface area (Å²) in [6, 6.07) is 9.12. The third-order valence-electron chi connectivity index (χ3n) is 5.79. The van der Waals surface area contributed by atoms with Gasteiger partial charge in [0, 0.05) is 31.3 Å². The van der Waals surface area contributed by atoms with Gasteiger partial charge in [0.15, 0.2) is 0 Å². The van der Waals surface area contributed by atoms with Crippen LogP contribution in [-0.4, -0.2) is 41.9 Å². The highest BCUT2D eigenvalue weighted by Crippen LogP contribution is 2.29. The van der Waals surface area contributed by atoms with Gasteiger partial charge in [-0.15, -0.1) is 0 Å². The standard InChI is InChI=1S/C23H25FN4O4S/c1-14-6-7-17(22-25-16(3)32-27-22)12-21(14)33(30,31)28-10-4-5-18(13-28)23(29)26-20-9-8-19(24)11-15(20)2/h6-9,11-12,18H,4-5,10,13H2,1-3H3,(H,26,29)/t18-/m1/s1. The predicted octanol–water partition coefficient (Wildman–Crippen LogP) is 3.84. The van der Waals surface area contributed by atoms with Gasteiger partial charge in [-0.25, -0.2) is 12.8 Å². The number of hydrogen-bond donors (Lipinski definition) is 1. The van der Waals surface area contributed by atoms with Gasteiger partial charge in [-0.3, -0.25) is 4.79 Å². The molecule has 1 aromatic heterocycles. The fourth-order valence-electron chi connectivity index (χ4n) is 3.95. The van der Waals surface area contributed by atoms with Crippen molar-refractivity contribution in [3.05, 3.63) is 59.2 Å². The molecule has 0 spiro atoms. The fourth-order valence-corrected chi connectivity index (χ4v) is 5.72. The lowest BCUT2D eigenvalue weighted by Gasteiger charge is -2.31. The smallest absolute Gasteiger partial charge is 0.243 e. The minimum Gasteiger partial charge on any atom is -0.339 e. The number of aryl methyl sites for hydroxylation is 3. The summed E-state index contributed by atoms with van der Waals surface area (Å²) in [6.45, 7) is 5.49. The number of anilines is 1. The van der Waals surface area contributed by atoms with Crippen LogP contribution in [0.25, 0.3) is 11.4 Å². The Morgan fingerprint density at radius 2 is 1.94 bits per heavy atom. The number of amides is 1. The Bertz CT molecular complexity index is 1310. The van der Waals surface area contributed by atoms with Crippen LogP contribution in [0.15, 0.2) is 45.8 Å². The monoisotopic (exact) mass is 472 g/mol. The lowest BCUT2D eigenvalue weighted by Crippen LogP contribution is -2.43. The molecular weight excluding hydrogens is 447 g/mol. The summed E-state index contributed by atoms with van der Waals surface area (Å²) in [4.78, 5) is 17.2. The van der Waals surface area contributed by atoms with Crippen molar-refractivity contribution in [1.29, 1.82) is 0 Å². The summed E-state index contributed by atoms with van der Waals surface area (Å²) < 4.78 is 46.7. The normalized spacial score (nSPS) is 17.2. The lowest BCUT2D eigenvalue weighted by molar-refractivity contribution is -0.120. The number of carbonyl (C=O) groups excluding carboxylic acids is 1. The second-order valence-corrected chi connectivity index (χ2v) is 10.2. The summed E-state index contributed by atoms with van der Waals surface area (Å²) in [5, 5.41) is 6.68. The van der Waals surface area contributed by atoms with Crippen molar-refractivity contribution in [2.75, 3.05) is 18.4 Å². The Labute approximate surface area is 191 Å². The number of carbonyl (C=O) groups is 1. The highest BCUT2D eigenvalue weighted by molar-refractivity contribution is 7.89. The number of sulfonamides is 1. The highest BCUT2D eigenvalue weighted by Gasteiger charge is 2.34. The summed E-state index contributed by atoms with van der Waals surface area (Å²) >= 11 is 0. The van der Waals surface area contributed by atoms with Gasteiger partial charge in [0.2, 0.25) is 27.6 Å². The van der Waals surface area contributed by atoms with Crippen molar-refractivity contribution in [3.8, 4) is 11.4 Å². The number of halogens is 1. The van der Waals surface area contributed by atoms with Crippen molar-refractivity contribution >= 4 is 21.6 Å². The van der Waals surface area contributed by atoms with Gasteiger partial charge in [0.1, 0.15) is 5.82 Å². The van der Waals surface area contributed by atoms with Gasteiger partial charge in [-0.1, -0.05) is 17.3 Å². The maximum absolute atomic E-state index is 13.5. The first-order valence-electron chi connectivity index (χ1n) is 10.6. The van der Waals surface area contributed by atoms with Crippen LogP contribution in [0.5, 0.6) is 0 Å². The number of piperidine rings is 1. The summed E-state index contributed by atoms with van der Waals surface area (Å²) in [6.07, 6.45) is 1.13. The van der Waals surface area contributed by atoms with Crippen LogP contribution in [0.1, 0.15) is 29.9 Å². The fraction of sp³-hybridized carbons (Fsp3) is 0.348. The van der Waals surface area contributed by atoms with Crippen molar-refractivity contribution in [3.63, 3.8) is 0 Å². The van der Waals surface area contributed by atoms with E-state index in [2.05, 4.69) is 15.5 Å². The number of rotatable bonds is 5. The SMILES string of the molecule is Cc1nc(-c2ccc(C)c(S(=O)(=O)N3CCC[C@@H](C(=O)Nc4ccc(F)cc4C)C3)c2)no1. The zero-order valence-electron chi connectivity index (χ0n) is 18.6. The molecule has 174 valence electrons. The zero-order chi connectivity index (χ0) is 23.8. The third kappa shape index (κ3) is 4.81. The molecule has 0 unspecified atom stereocenters. The van der Waals surface area contributed by atoms with Gasteiger partial charge in [0.05, 0.1) is 10.8 Å². The first-order valence-corrected chi connectivity index (χ1v) is 12.1. The van der Waals surface area contributed by atoms with E-state index in [-0.39, 0.29) is 23.2 Å². The molecule has 0 radical (unpaired) electrons. The van der Waals surface area contributed by atoms with E-state index in [0.29, 0.717) is 53.5 Å². The Kier molecular flexibility index (Phi) is 6.31. The van der Waals surface area contributed by atoms with Crippen LogP contribution < -0.4 is 5.32 Å². The van der Waals surface area contributed by atoms with Crippen molar-refractivity contribution in [2.24, 2.45) is 5.92 Å². The molecule has 1 fully saturated rings. The summed E-state index contributed by atoms with van der Waals surface area (Å²) in [5.41, 5.74) is 2.25. The molecule has 8 nitrogen and oxygen atoms in total. The third-order valence-corrected chi connectivity index (χ3v) is 7.80. The first kappa shape index (κ1) is 23.1. The van der Waals surface area contributed by atoms with Crippen LogP contribution in [0.2, 0.25) is 0 Å². The number of hydrogen-bond acceptors (Lipinski definition) is 6. The molecular formula is C23H25FN4O4S. The second kappa shape index (κ2) is 9.03. The molecule has 1 saturated heterocycles. The summed E-state index contributed by atoms with van der Waals surface area (Å²) in [7, 11) is -3.85. The number of benzene rings is 2. The Morgan fingerprint density at radius 1 is 1.15 bits per heavy atom. The molecule has 4 rings (SSSR count). The molecule has 0 bridgehead atoms. The van der Waals surface area contributed by atoms with Crippen LogP contribution in [-0.2, 0) is 14.8 Å². The summed E-state index contributed by atoms with van der Waals surface area (Å²) in [5.74, 6) is -0.474. The molecule has 0 saturated carbocycles. The van der Waals surface area contributed by atoms with Crippen molar-refractivity contribution < 1.29 is 22.1 Å². The Morgan fingerprint density at radius 3 is 2.64 bits per heavy atom. The predicted molar refractivity (Wildman–Crippen MR) is 120 cm³/mol. The number of nitrogens with zero attached hydrogens (tertiary/aromatic N) is 3. The lowest BCUT2D eigenvalue weighted by atomic mass is 9.98. The van der Waals surface area contributed by atoms with E-state index in [0.717, 1.165) is 0 Å². The first-order chi connectivity index (χ1) is 15.6. The van der Waals surface area contributed by atoms with E-state index in [4.69, 9.17) is 4.52 Å². The van der Waals surface area contributed by atoms with E-state index in [1.54, 1.807) is 39.0 Å². The largest absolute Gasteiger partial charge is 0.339 e. The minimum absolute atomic E-state index is 0.0688. The quantitative estimate of drug-likeness (QED) is 0.605. The van der Waals surface area contributed by atoms with Crippen LogP contribution >= 0.6 is 0 Å². The molecule has 1 aliphatic heterocycles. The molecule has 2 heterocycles. The molecule has 1 amide bonds. The van der Waals surface area contributed by atoms with Gasteiger partial charge in [-0.2, -0.15) is 9.29 Å². The second-order valence-electron chi connectivity index (χ2n) is 8.27. The Balaban J connectivity index is 1.55. The molecule has 1 N–H and O–H groups in total. The number of nitrogens with one attached hydrogen (secondary N) is 1. The average molecular weight is 473 g/mol. The average Bonchev–Trinajstić information content (AvgIpc) is 3.22. The van der Waals surface area contributed by atoms with Gasteiger partial charge >= 0.3 is 0 Å². The minimum atomic E-state index is -3.85. The van der Waals surface area contributed by atoms with Crippen molar-refractivity contribution in [1.82, 2.24) is 14.4 Å².